The average molecular weight is 513 g/mol. The molecule has 0 aliphatic heterocycles. The molecule has 12 heteroatoms. The first kappa shape index (κ1) is 23.3. The van der Waals surface area contributed by atoms with Crippen molar-refractivity contribution in [3.8, 4) is 22.7 Å². The molecular formula is C24H16F3N4O4S+. The number of aromatic amines is 1. The number of anilines is 1. The Morgan fingerprint density at radius 1 is 1.14 bits per heavy atom. The Balaban J connectivity index is 1.70. The number of carbonyl (C=O) groups is 1. The van der Waals surface area contributed by atoms with Gasteiger partial charge < -0.3 is 10.5 Å². The van der Waals surface area contributed by atoms with Crippen molar-refractivity contribution in [1.29, 1.82) is 0 Å². The first-order chi connectivity index (χ1) is 17.2. The quantitative estimate of drug-likeness (QED) is 0.267. The van der Waals surface area contributed by atoms with Crippen molar-refractivity contribution in [3.63, 3.8) is 0 Å². The summed E-state index contributed by atoms with van der Waals surface area (Å²) in [7, 11) is 1.47. The van der Waals surface area contributed by atoms with Gasteiger partial charge in [-0.05, 0) is 40.3 Å². The lowest BCUT2D eigenvalue weighted by Gasteiger charge is -2.11. The topological polar surface area (TPSA) is 115 Å². The van der Waals surface area contributed by atoms with Gasteiger partial charge in [0.15, 0.2) is 0 Å². The Morgan fingerprint density at radius 3 is 2.47 bits per heavy atom. The number of rotatable bonds is 5. The highest BCUT2D eigenvalue weighted by Crippen LogP contribution is 2.44. The molecule has 0 aliphatic carbocycles. The molecule has 0 spiro atoms. The number of benzene rings is 2. The number of carbonyl (C=O) groups excluding carboxylic acids is 1. The molecule has 0 fully saturated rings. The third-order valence-electron chi connectivity index (χ3n) is 5.47. The monoisotopic (exact) mass is 513 g/mol. The lowest BCUT2D eigenvalue weighted by Crippen LogP contribution is -2.41. The number of nitrogens with two attached hydrogens (primary N) is 1. The minimum atomic E-state index is -4.78. The number of nitrogens with one attached hydrogen (secondary N) is 1. The van der Waals surface area contributed by atoms with Crippen LogP contribution in [0.2, 0.25) is 0 Å². The molecule has 0 saturated heterocycles. The molecule has 0 amide bonds. The van der Waals surface area contributed by atoms with Crippen LogP contribution in [0, 0.1) is 0 Å². The fourth-order valence-electron chi connectivity index (χ4n) is 3.76. The number of para-hydroxylation sites is 1. The standard InChI is InChI=1S/C24H15F3N4O4S/c1-34-14-9-7-12(8-10-14)16-11-15(24(25,26)27)17-18(28)21(36-22(17)29-16)20(32)19-23(33)35-30-31(19)13-5-3-2-4-6-13/h2-11H,1H3,(H2-,28,30,32,33)/p+1. The summed E-state index contributed by atoms with van der Waals surface area (Å²) in [5.41, 5.74) is 4.06. The minimum Gasteiger partial charge on any atom is -0.497 e. The smallest absolute Gasteiger partial charge is 0.439 e. The van der Waals surface area contributed by atoms with Crippen LogP contribution < -0.4 is 20.8 Å². The number of nitrogens with zero attached hydrogens (tertiary/aromatic N) is 2. The molecule has 3 aromatic heterocycles. The summed E-state index contributed by atoms with van der Waals surface area (Å²) < 4.78 is 53.3. The first-order valence-electron chi connectivity index (χ1n) is 10.4. The summed E-state index contributed by atoms with van der Waals surface area (Å²) in [6.45, 7) is 0. The minimum absolute atomic E-state index is 0.0400. The molecule has 5 rings (SSSR count). The number of nitrogen functional groups attached to an aromatic ring is 1. The van der Waals surface area contributed by atoms with Crippen LogP contribution in [-0.4, -0.2) is 23.1 Å². The predicted molar refractivity (Wildman–Crippen MR) is 125 cm³/mol. The van der Waals surface area contributed by atoms with Gasteiger partial charge in [-0.15, -0.1) is 11.3 Å². The highest BCUT2D eigenvalue weighted by molar-refractivity contribution is 7.21. The Bertz CT molecular complexity index is 1660. The largest absolute Gasteiger partial charge is 0.497 e. The molecule has 8 nitrogen and oxygen atoms in total. The lowest BCUT2D eigenvalue weighted by molar-refractivity contribution is -0.672. The predicted octanol–water partition coefficient (Wildman–Crippen LogP) is 4.36. The molecule has 0 atom stereocenters. The van der Waals surface area contributed by atoms with Crippen LogP contribution in [0.4, 0.5) is 18.9 Å². The van der Waals surface area contributed by atoms with E-state index in [1.54, 1.807) is 54.6 Å². The Labute approximate surface area is 204 Å². The van der Waals surface area contributed by atoms with E-state index in [1.165, 1.54) is 7.11 Å². The number of pyridine rings is 1. The van der Waals surface area contributed by atoms with Crippen LogP contribution in [0.15, 0.2) is 70.0 Å². The summed E-state index contributed by atoms with van der Waals surface area (Å²) in [5, 5.41) is 1.93. The molecule has 0 aliphatic rings. The van der Waals surface area contributed by atoms with Crippen LogP contribution >= 0.6 is 11.3 Å². The van der Waals surface area contributed by atoms with E-state index in [2.05, 4.69) is 10.3 Å². The van der Waals surface area contributed by atoms with E-state index in [1.807, 2.05) is 0 Å². The summed E-state index contributed by atoms with van der Waals surface area (Å²) in [6.07, 6.45) is -4.78. The van der Waals surface area contributed by atoms with Gasteiger partial charge in [0.05, 0.1) is 24.1 Å². The van der Waals surface area contributed by atoms with Gasteiger partial charge in [0.2, 0.25) is 5.69 Å². The van der Waals surface area contributed by atoms with E-state index < -0.39 is 39.9 Å². The van der Waals surface area contributed by atoms with Gasteiger partial charge in [-0.3, -0.25) is 9.32 Å². The van der Waals surface area contributed by atoms with Crippen molar-refractivity contribution in [2.75, 3.05) is 12.8 Å². The van der Waals surface area contributed by atoms with Gasteiger partial charge in [-0.1, -0.05) is 18.2 Å². The SMILES string of the molecule is COc1ccc(-c2cc(C(F)(F)F)c3c(N)c(C(=O)c4c(=O)o[nH][n+]4-c4ccccc4)sc3n2)cc1. The maximum atomic E-state index is 14.1. The zero-order chi connectivity index (χ0) is 25.6. The molecule has 0 radical (unpaired) electrons. The van der Waals surface area contributed by atoms with Crippen LogP contribution in [0.3, 0.4) is 0 Å². The summed E-state index contributed by atoms with van der Waals surface area (Å²) in [4.78, 5) is 29.8. The molecule has 182 valence electrons. The summed E-state index contributed by atoms with van der Waals surface area (Å²) in [6, 6.07) is 15.5. The highest BCUT2D eigenvalue weighted by Gasteiger charge is 2.39. The summed E-state index contributed by atoms with van der Waals surface area (Å²) >= 11 is 0.671. The van der Waals surface area contributed by atoms with Crippen LogP contribution in [0.1, 0.15) is 20.9 Å². The molecule has 36 heavy (non-hydrogen) atoms. The molecule has 3 heterocycles. The third kappa shape index (κ3) is 3.90. The number of halogens is 3. The second kappa shape index (κ2) is 8.64. The third-order valence-corrected chi connectivity index (χ3v) is 6.57. The number of alkyl halides is 3. The van der Waals surface area contributed by atoms with E-state index in [9.17, 15) is 22.8 Å². The van der Waals surface area contributed by atoms with Crippen LogP contribution in [0.25, 0.3) is 27.2 Å². The van der Waals surface area contributed by atoms with Gasteiger partial charge in [0.25, 0.3) is 5.78 Å². The molecular weight excluding hydrogens is 497 g/mol. The zero-order valence-corrected chi connectivity index (χ0v) is 19.2. The van der Waals surface area contributed by atoms with Crippen molar-refractivity contribution in [3.05, 3.63) is 87.2 Å². The summed E-state index contributed by atoms with van der Waals surface area (Å²) in [5.74, 6) is -0.366. The maximum absolute atomic E-state index is 14.1. The molecule has 0 unspecified atom stereocenters. The number of ether oxygens (including phenoxy) is 1. The van der Waals surface area contributed by atoms with E-state index >= 15 is 0 Å². The van der Waals surface area contributed by atoms with Crippen molar-refractivity contribution in [2.24, 2.45) is 0 Å². The molecule has 0 saturated carbocycles. The number of methoxy groups -OCH3 is 1. The molecule has 3 N–H and O–H groups in total. The average Bonchev–Trinajstić information content (AvgIpc) is 3.43. The van der Waals surface area contributed by atoms with Gasteiger partial charge in [-0.2, -0.15) is 13.2 Å². The van der Waals surface area contributed by atoms with Gasteiger partial charge in [-0.25, -0.2) is 9.78 Å². The number of hydrogen-bond acceptors (Lipinski definition) is 7. The highest BCUT2D eigenvalue weighted by atomic mass is 32.1. The number of fused-ring (bicyclic) bond motifs is 1. The second-order valence-corrected chi connectivity index (χ2v) is 8.63. The van der Waals surface area contributed by atoms with Crippen molar-refractivity contribution >= 4 is 33.0 Å². The number of ketones is 1. The van der Waals surface area contributed by atoms with Gasteiger partial charge in [0, 0.05) is 23.1 Å². The van der Waals surface area contributed by atoms with Gasteiger partial charge in [0.1, 0.15) is 15.5 Å². The molecule has 0 bridgehead atoms. The fraction of sp³-hybridized carbons (Fsp3) is 0.0833. The van der Waals surface area contributed by atoms with Crippen molar-refractivity contribution in [1.82, 2.24) is 10.3 Å². The number of aromatic nitrogens is 3. The van der Waals surface area contributed by atoms with Crippen molar-refractivity contribution in [2.45, 2.75) is 6.18 Å². The normalized spacial score (nSPS) is 11.7. The Morgan fingerprint density at radius 2 is 1.83 bits per heavy atom. The second-order valence-electron chi connectivity index (χ2n) is 7.64. The lowest BCUT2D eigenvalue weighted by atomic mass is 10.0. The van der Waals surface area contributed by atoms with E-state index in [4.69, 9.17) is 15.0 Å². The van der Waals surface area contributed by atoms with Gasteiger partial charge >= 0.3 is 17.5 Å². The van der Waals surface area contributed by atoms with E-state index in [-0.39, 0.29) is 15.4 Å². The Kier molecular flexibility index (Phi) is 5.59. The number of hydrogen-bond donors (Lipinski definition) is 2. The number of H-pyrrole nitrogens is 1. The number of thiophene rings is 1. The first-order valence-corrected chi connectivity index (χ1v) is 11.2. The maximum Gasteiger partial charge on any atom is 0.439 e. The van der Waals surface area contributed by atoms with E-state index in [0.29, 0.717) is 28.3 Å². The molecule has 5 aromatic rings. The van der Waals surface area contributed by atoms with Crippen LogP contribution in [0.5, 0.6) is 5.75 Å². The van der Waals surface area contributed by atoms with Crippen LogP contribution in [-0.2, 0) is 6.18 Å². The fourth-order valence-corrected chi connectivity index (χ4v) is 4.82. The Hall–Kier alpha value is -4.45. The molecule has 2 aromatic carbocycles. The zero-order valence-electron chi connectivity index (χ0n) is 18.4. The van der Waals surface area contributed by atoms with E-state index in [0.717, 1.165) is 10.7 Å². The van der Waals surface area contributed by atoms with Crippen molar-refractivity contribution < 1.29 is 31.9 Å².